The molecule has 1 amide bonds. The first-order valence-electron chi connectivity index (χ1n) is 10.5. The van der Waals surface area contributed by atoms with Crippen LogP contribution in [0.15, 0.2) is 36.4 Å². The zero-order valence-corrected chi connectivity index (χ0v) is 19.7. The van der Waals surface area contributed by atoms with Crippen LogP contribution in [0.3, 0.4) is 0 Å². The van der Waals surface area contributed by atoms with Crippen molar-refractivity contribution in [3.8, 4) is 0 Å². The van der Waals surface area contributed by atoms with Crippen molar-refractivity contribution in [2.24, 2.45) is 0 Å². The van der Waals surface area contributed by atoms with E-state index in [1.54, 1.807) is 11.3 Å². The lowest BCUT2D eigenvalue weighted by Gasteiger charge is -2.23. The second kappa shape index (κ2) is 9.58. The maximum atomic E-state index is 13.5. The summed E-state index contributed by atoms with van der Waals surface area (Å²) in [5.74, 6) is -0.00335. The van der Waals surface area contributed by atoms with E-state index in [2.05, 4.69) is 49.6 Å². The lowest BCUT2D eigenvalue weighted by Crippen LogP contribution is -2.36. The first-order valence-corrected chi connectivity index (χ1v) is 11.4. The van der Waals surface area contributed by atoms with Crippen LogP contribution in [0.1, 0.15) is 35.3 Å². The topological polar surface area (TPSA) is 39.7 Å². The fourth-order valence-corrected chi connectivity index (χ4v) is 4.52. The van der Waals surface area contributed by atoms with E-state index >= 15 is 0 Å². The Morgan fingerprint density at radius 2 is 1.63 bits per heavy atom. The fourth-order valence-electron chi connectivity index (χ4n) is 3.47. The lowest BCUT2D eigenvalue weighted by molar-refractivity contribution is 0.0985. The van der Waals surface area contributed by atoms with E-state index in [0.717, 1.165) is 40.7 Å². The smallest absolute Gasteiger partial charge is 0.260 e. The van der Waals surface area contributed by atoms with Gasteiger partial charge in [0.1, 0.15) is 0 Å². The van der Waals surface area contributed by atoms with E-state index in [1.807, 2.05) is 43.3 Å². The van der Waals surface area contributed by atoms with Crippen LogP contribution in [0.5, 0.6) is 0 Å². The number of anilines is 2. The van der Waals surface area contributed by atoms with Crippen molar-refractivity contribution >= 4 is 38.3 Å². The monoisotopic (exact) mass is 424 g/mol. The third-order valence-electron chi connectivity index (χ3n) is 5.56. The van der Waals surface area contributed by atoms with Crippen molar-refractivity contribution < 1.29 is 4.79 Å². The van der Waals surface area contributed by atoms with Crippen LogP contribution in [0.4, 0.5) is 10.8 Å². The average molecular weight is 425 g/mol. The molecular formula is C24H32N4OS. The number of aryl methyl sites for hydroxylation is 2. The van der Waals surface area contributed by atoms with Gasteiger partial charge in [0.05, 0.1) is 10.2 Å². The summed E-state index contributed by atoms with van der Waals surface area (Å²) in [4.78, 5) is 24.5. The molecule has 1 heterocycles. The normalized spacial score (nSPS) is 11.3. The summed E-state index contributed by atoms with van der Waals surface area (Å²) in [7, 11) is 4.04. The number of carbonyl (C=O) groups is 1. The third kappa shape index (κ3) is 4.65. The maximum Gasteiger partial charge on any atom is 0.260 e. The van der Waals surface area contributed by atoms with Crippen LogP contribution in [0.2, 0.25) is 0 Å². The summed E-state index contributed by atoms with van der Waals surface area (Å²) in [6.07, 6.45) is 0. The Hall–Kier alpha value is -2.44. The molecule has 30 heavy (non-hydrogen) atoms. The summed E-state index contributed by atoms with van der Waals surface area (Å²) in [5.41, 5.74) is 5.23. The Balaban J connectivity index is 1.95. The number of fused-ring (bicyclic) bond motifs is 1. The van der Waals surface area contributed by atoms with Gasteiger partial charge in [-0.05, 0) is 83.2 Å². The van der Waals surface area contributed by atoms with Crippen LogP contribution in [-0.4, -0.2) is 56.1 Å². The number of carbonyl (C=O) groups excluding carboxylic acids is 1. The highest BCUT2D eigenvalue weighted by atomic mass is 32.1. The molecule has 1 aromatic heterocycles. The minimum atomic E-state index is -0.00335. The average Bonchev–Trinajstić information content (AvgIpc) is 3.17. The maximum absolute atomic E-state index is 13.5. The van der Waals surface area contributed by atoms with Crippen LogP contribution < -0.4 is 9.80 Å². The van der Waals surface area contributed by atoms with E-state index in [1.165, 1.54) is 11.1 Å². The van der Waals surface area contributed by atoms with Gasteiger partial charge in [-0.25, -0.2) is 4.98 Å². The van der Waals surface area contributed by atoms with Gasteiger partial charge in [0.25, 0.3) is 5.91 Å². The Morgan fingerprint density at radius 3 is 2.23 bits per heavy atom. The molecule has 0 fully saturated rings. The molecule has 2 aromatic carbocycles. The number of amides is 1. The number of hydrogen-bond acceptors (Lipinski definition) is 5. The highest BCUT2D eigenvalue weighted by molar-refractivity contribution is 7.22. The van der Waals surface area contributed by atoms with Gasteiger partial charge < -0.3 is 9.80 Å². The van der Waals surface area contributed by atoms with Crippen molar-refractivity contribution in [3.63, 3.8) is 0 Å². The number of hydrogen-bond donors (Lipinski definition) is 0. The molecule has 3 aromatic rings. The molecule has 0 bridgehead atoms. The van der Waals surface area contributed by atoms with Crippen LogP contribution in [0, 0.1) is 13.8 Å². The van der Waals surface area contributed by atoms with Crippen molar-refractivity contribution in [1.82, 2.24) is 9.88 Å². The second-order valence-electron chi connectivity index (χ2n) is 7.83. The van der Waals surface area contributed by atoms with Gasteiger partial charge >= 0.3 is 0 Å². The molecule has 160 valence electrons. The van der Waals surface area contributed by atoms with Gasteiger partial charge in [0.2, 0.25) is 0 Å². The Bertz CT molecular complexity index is 1010. The third-order valence-corrected chi connectivity index (χ3v) is 6.61. The molecule has 3 rings (SSSR count). The summed E-state index contributed by atoms with van der Waals surface area (Å²) in [5, 5.41) is 0.762. The largest absolute Gasteiger partial charge is 0.372 e. The molecule has 6 heteroatoms. The van der Waals surface area contributed by atoms with Crippen molar-refractivity contribution in [2.45, 2.75) is 27.7 Å². The number of nitrogens with zero attached hydrogens (tertiary/aromatic N) is 4. The molecule has 0 aliphatic heterocycles. The van der Waals surface area contributed by atoms with Gasteiger partial charge in [0.15, 0.2) is 5.13 Å². The summed E-state index contributed by atoms with van der Waals surface area (Å²) in [6, 6.07) is 12.2. The predicted octanol–water partition coefficient (Wildman–Crippen LogP) is 4.97. The quantitative estimate of drug-likeness (QED) is 0.512. The van der Waals surface area contributed by atoms with Crippen molar-refractivity contribution in [2.75, 3.05) is 50.1 Å². The van der Waals surface area contributed by atoms with Crippen LogP contribution in [0.25, 0.3) is 10.2 Å². The first kappa shape index (κ1) is 22.2. The number of thiazole rings is 1. The molecule has 0 atom stereocenters. The van der Waals surface area contributed by atoms with E-state index < -0.39 is 0 Å². The van der Waals surface area contributed by atoms with Gasteiger partial charge in [-0.15, -0.1) is 0 Å². The molecule has 0 aliphatic carbocycles. The minimum absolute atomic E-state index is 0.00335. The summed E-state index contributed by atoms with van der Waals surface area (Å²) >= 11 is 1.59. The number of aromatic nitrogens is 1. The predicted molar refractivity (Wildman–Crippen MR) is 129 cm³/mol. The van der Waals surface area contributed by atoms with E-state index in [0.29, 0.717) is 12.1 Å². The molecule has 0 spiro atoms. The van der Waals surface area contributed by atoms with Gasteiger partial charge in [-0.2, -0.15) is 0 Å². The molecule has 0 saturated heterocycles. The van der Waals surface area contributed by atoms with Crippen molar-refractivity contribution in [1.29, 1.82) is 0 Å². The molecule has 0 aliphatic rings. The minimum Gasteiger partial charge on any atom is -0.372 e. The van der Waals surface area contributed by atoms with Crippen LogP contribution >= 0.6 is 11.3 Å². The molecule has 0 unspecified atom stereocenters. The van der Waals surface area contributed by atoms with E-state index in [9.17, 15) is 4.79 Å². The highest BCUT2D eigenvalue weighted by Crippen LogP contribution is 2.32. The number of likely N-dealkylation sites (N-methyl/N-ethyl adjacent to an activating group) is 1. The molecule has 0 N–H and O–H groups in total. The molecule has 5 nitrogen and oxygen atoms in total. The van der Waals surface area contributed by atoms with Gasteiger partial charge in [0, 0.05) is 37.4 Å². The first-order chi connectivity index (χ1) is 14.3. The lowest BCUT2D eigenvalue weighted by atomic mass is 10.1. The van der Waals surface area contributed by atoms with Gasteiger partial charge in [-0.1, -0.05) is 17.4 Å². The van der Waals surface area contributed by atoms with Crippen molar-refractivity contribution in [3.05, 3.63) is 53.1 Å². The Morgan fingerprint density at radius 1 is 0.967 bits per heavy atom. The highest BCUT2D eigenvalue weighted by Gasteiger charge is 2.22. The standard InChI is InChI=1S/C24H32N4OS/c1-7-27(8-2)20-12-10-19(11-13-20)23(29)28(16-15-26(5)6)24-25-22-18(4)17(3)9-14-21(22)30-24/h9-14H,7-8,15-16H2,1-6H3. The molecule has 0 saturated carbocycles. The Labute approximate surface area is 183 Å². The van der Waals surface area contributed by atoms with Gasteiger partial charge in [-0.3, -0.25) is 9.69 Å². The number of benzene rings is 2. The fraction of sp³-hybridized carbons (Fsp3) is 0.417. The van der Waals surface area contributed by atoms with E-state index in [-0.39, 0.29) is 5.91 Å². The zero-order valence-electron chi connectivity index (χ0n) is 18.9. The van der Waals surface area contributed by atoms with Crippen LogP contribution in [-0.2, 0) is 0 Å². The molecular weight excluding hydrogens is 392 g/mol. The Kier molecular flexibility index (Phi) is 7.10. The van der Waals surface area contributed by atoms with E-state index in [4.69, 9.17) is 4.98 Å². The SMILES string of the molecule is CCN(CC)c1ccc(C(=O)N(CCN(C)C)c2nc3c(C)c(C)ccc3s2)cc1. The second-order valence-corrected chi connectivity index (χ2v) is 8.84. The summed E-state index contributed by atoms with van der Waals surface area (Å²) < 4.78 is 1.12. The summed E-state index contributed by atoms with van der Waals surface area (Å²) in [6.45, 7) is 11.7. The zero-order chi connectivity index (χ0) is 21.8. The molecule has 0 radical (unpaired) electrons. The number of rotatable bonds is 8.